The molecule has 88 valence electrons. The van der Waals surface area contributed by atoms with Gasteiger partial charge in [0.1, 0.15) is 0 Å². The lowest BCUT2D eigenvalue weighted by atomic mass is 10.1. The molecule has 2 N–H and O–H groups in total. The maximum absolute atomic E-state index is 11.7. The zero-order chi connectivity index (χ0) is 11.4. The zero-order valence-corrected chi connectivity index (χ0v) is 9.87. The van der Waals surface area contributed by atoms with Crippen LogP contribution in [0.2, 0.25) is 0 Å². The molecule has 1 aliphatic heterocycles. The Hall–Kier alpha value is -1.07. The van der Waals surface area contributed by atoms with Crippen LogP contribution in [0.15, 0.2) is 17.5 Å². The lowest BCUT2D eigenvalue weighted by molar-refractivity contribution is 0.0842. The quantitative estimate of drug-likeness (QED) is 0.821. The molecular weight excluding hydrogens is 224 g/mol. The van der Waals surface area contributed by atoms with Gasteiger partial charge in [0.15, 0.2) is 0 Å². The number of piperidine rings is 1. The molecule has 0 radical (unpaired) electrons. The van der Waals surface area contributed by atoms with Crippen molar-refractivity contribution in [2.24, 2.45) is 0 Å². The lowest BCUT2D eigenvalue weighted by Crippen LogP contribution is -2.46. The second-order valence-electron chi connectivity index (χ2n) is 3.98. The van der Waals surface area contributed by atoms with Crippen LogP contribution >= 0.6 is 11.3 Å². The minimum Gasteiger partial charge on any atom is -0.391 e. The number of amides is 2. The van der Waals surface area contributed by atoms with Crippen molar-refractivity contribution in [1.29, 1.82) is 0 Å². The Balaban J connectivity index is 1.79. The van der Waals surface area contributed by atoms with Gasteiger partial charge >= 0.3 is 6.03 Å². The third-order valence-electron chi connectivity index (χ3n) is 2.68. The van der Waals surface area contributed by atoms with Gasteiger partial charge in [-0.05, 0) is 24.3 Å². The normalized spacial score (nSPS) is 20.8. The Kier molecular flexibility index (Phi) is 3.79. The number of aliphatic hydroxyl groups excluding tert-OH is 1. The van der Waals surface area contributed by atoms with E-state index in [1.165, 1.54) is 0 Å². The fraction of sp³-hybridized carbons (Fsp3) is 0.545. The molecule has 0 aromatic carbocycles. The van der Waals surface area contributed by atoms with Crippen LogP contribution in [0, 0.1) is 0 Å². The highest BCUT2D eigenvalue weighted by molar-refractivity contribution is 7.09. The van der Waals surface area contributed by atoms with E-state index in [-0.39, 0.29) is 12.1 Å². The second-order valence-corrected chi connectivity index (χ2v) is 5.01. The van der Waals surface area contributed by atoms with E-state index in [4.69, 9.17) is 0 Å². The summed E-state index contributed by atoms with van der Waals surface area (Å²) in [5, 5.41) is 14.3. The van der Waals surface area contributed by atoms with Crippen molar-refractivity contribution >= 4 is 17.4 Å². The summed E-state index contributed by atoms with van der Waals surface area (Å²) >= 11 is 1.63. The van der Waals surface area contributed by atoms with Gasteiger partial charge in [-0.3, -0.25) is 0 Å². The first-order chi connectivity index (χ1) is 7.75. The SMILES string of the molecule is O=C(NCc1cccs1)N1CCCC(O)C1. The van der Waals surface area contributed by atoms with E-state index in [1.54, 1.807) is 16.2 Å². The number of hydrogen-bond acceptors (Lipinski definition) is 3. The molecule has 1 fully saturated rings. The van der Waals surface area contributed by atoms with Crippen molar-refractivity contribution in [2.75, 3.05) is 13.1 Å². The predicted octanol–water partition coefficient (Wildman–Crippen LogP) is 1.41. The summed E-state index contributed by atoms with van der Waals surface area (Å²) in [6, 6.07) is 3.89. The van der Waals surface area contributed by atoms with Crippen LogP contribution in [-0.4, -0.2) is 35.2 Å². The van der Waals surface area contributed by atoms with Crippen molar-refractivity contribution < 1.29 is 9.90 Å². The van der Waals surface area contributed by atoms with Gasteiger partial charge in [0, 0.05) is 18.0 Å². The average Bonchev–Trinajstić information content (AvgIpc) is 2.78. The van der Waals surface area contributed by atoms with E-state index in [2.05, 4.69) is 5.32 Å². The summed E-state index contributed by atoms with van der Waals surface area (Å²) < 4.78 is 0. The number of nitrogens with zero attached hydrogens (tertiary/aromatic N) is 1. The van der Waals surface area contributed by atoms with Crippen molar-refractivity contribution in [3.63, 3.8) is 0 Å². The summed E-state index contributed by atoms with van der Waals surface area (Å²) in [7, 11) is 0. The Labute approximate surface area is 98.9 Å². The topological polar surface area (TPSA) is 52.6 Å². The van der Waals surface area contributed by atoms with Gasteiger partial charge in [0.05, 0.1) is 12.6 Å². The number of nitrogens with one attached hydrogen (secondary N) is 1. The number of rotatable bonds is 2. The predicted molar refractivity (Wildman–Crippen MR) is 63.4 cm³/mol. The van der Waals surface area contributed by atoms with Gasteiger partial charge in [-0.1, -0.05) is 6.07 Å². The van der Waals surface area contributed by atoms with E-state index in [1.807, 2.05) is 17.5 Å². The van der Waals surface area contributed by atoms with Crippen molar-refractivity contribution in [3.8, 4) is 0 Å². The van der Waals surface area contributed by atoms with E-state index in [0.29, 0.717) is 13.1 Å². The Morgan fingerprint density at radius 2 is 2.56 bits per heavy atom. The highest BCUT2D eigenvalue weighted by atomic mass is 32.1. The van der Waals surface area contributed by atoms with Crippen LogP contribution in [0.5, 0.6) is 0 Å². The number of aliphatic hydroxyl groups is 1. The van der Waals surface area contributed by atoms with Crippen LogP contribution in [0.4, 0.5) is 4.79 Å². The van der Waals surface area contributed by atoms with Gasteiger partial charge in [-0.2, -0.15) is 0 Å². The maximum atomic E-state index is 11.7. The van der Waals surface area contributed by atoms with Crippen LogP contribution < -0.4 is 5.32 Å². The van der Waals surface area contributed by atoms with Gasteiger partial charge in [0.2, 0.25) is 0 Å². The molecule has 0 aliphatic carbocycles. The number of carbonyl (C=O) groups is 1. The molecule has 1 aromatic heterocycles. The number of likely N-dealkylation sites (tertiary alicyclic amines) is 1. The molecule has 0 bridgehead atoms. The first-order valence-electron chi connectivity index (χ1n) is 5.49. The average molecular weight is 240 g/mol. The minimum absolute atomic E-state index is 0.0767. The first kappa shape index (κ1) is 11.4. The smallest absolute Gasteiger partial charge is 0.317 e. The number of thiophene rings is 1. The van der Waals surface area contributed by atoms with Crippen molar-refractivity contribution in [1.82, 2.24) is 10.2 Å². The summed E-state index contributed by atoms with van der Waals surface area (Å²) in [5.74, 6) is 0. The molecule has 0 saturated carbocycles. The standard InChI is InChI=1S/C11H16N2O2S/c14-9-3-1-5-13(8-9)11(15)12-7-10-4-2-6-16-10/h2,4,6,9,14H,1,3,5,7-8H2,(H,12,15). The Morgan fingerprint density at radius 3 is 3.25 bits per heavy atom. The Morgan fingerprint density at radius 1 is 1.69 bits per heavy atom. The minimum atomic E-state index is -0.360. The van der Waals surface area contributed by atoms with Crippen LogP contribution in [0.25, 0.3) is 0 Å². The first-order valence-corrected chi connectivity index (χ1v) is 6.37. The van der Waals surface area contributed by atoms with E-state index in [0.717, 1.165) is 24.3 Å². The van der Waals surface area contributed by atoms with Gasteiger partial charge in [-0.15, -0.1) is 11.3 Å². The zero-order valence-electron chi connectivity index (χ0n) is 9.06. The highest BCUT2D eigenvalue weighted by Crippen LogP contribution is 2.11. The summed E-state index contributed by atoms with van der Waals surface area (Å²) in [6.45, 7) is 1.77. The summed E-state index contributed by atoms with van der Waals surface area (Å²) in [5.41, 5.74) is 0. The molecular formula is C11H16N2O2S. The van der Waals surface area contributed by atoms with Crippen LogP contribution in [0.3, 0.4) is 0 Å². The number of carbonyl (C=O) groups excluding carboxylic acids is 1. The number of hydrogen-bond donors (Lipinski definition) is 2. The Bertz CT molecular complexity index is 340. The molecule has 0 spiro atoms. The third-order valence-corrected chi connectivity index (χ3v) is 3.55. The summed E-state index contributed by atoms with van der Waals surface area (Å²) in [6.07, 6.45) is 1.32. The third kappa shape index (κ3) is 2.96. The van der Waals surface area contributed by atoms with Crippen LogP contribution in [-0.2, 0) is 6.54 Å². The van der Waals surface area contributed by atoms with E-state index < -0.39 is 0 Å². The van der Waals surface area contributed by atoms with Crippen LogP contribution in [0.1, 0.15) is 17.7 Å². The van der Waals surface area contributed by atoms with Gasteiger partial charge in [0.25, 0.3) is 0 Å². The molecule has 4 nitrogen and oxygen atoms in total. The molecule has 1 aliphatic rings. The summed E-state index contributed by atoms with van der Waals surface area (Å²) in [4.78, 5) is 14.6. The fourth-order valence-electron chi connectivity index (χ4n) is 1.83. The number of urea groups is 1. The van der Waals surface area contributed by atoms with E-state index in [9.17, 15) is 9.90 Å². The molecule has 2 heterocycles. The largest absolute Gasteiger partial charge is 0.391 e. The monoisotopic (exact) mass is 240 g/mol. The fourth-order valence-corrected chi connectivity index (χ4v) is 2.47. The molecule has 16 heavy (non-hydrogen) atoms. The molecule has 1 aromatic rings. The highest BCUT2D eigenvalue weighted by Gasteiger charge is 2.21. The second kappa shape index (κ2) is 5.32. The maximum Gasteiger partial charge on any atom is 0.317 e. The molecule has 1 saturated heterocycles. The van der Waals surface area contributed by atoms with Gasteiger partial charge in [-0.25, -0.2) is 4.79 Å². The molecule has 1 unspecified atom stereocenters. The molecule has 2 rings (SSSR count). The van der Waals surface area contributed by atoms with E-state index >= 15 is 0 Å². The van der Waals surface area contributed by atoms with Crippen molar-refractivity contribution in [2.45, 2.75) is 25.5 Å². The van der Waals surface area contributed by atoms with Crippen molar-refractivity contribution in [3.05, 3.63) is 22.4 Å². The lowest BCUT2D eigenvalue weighted by Gasteiger charge is -2.30. The van der Waals surface area contributed by atoms with Gasteiger partial charge < -0.3 is 15.3 Å². The molecule has 1 atom stereocenters. The molecule has 2 amide bonds. The number of β-amino-alcohol motifs (C(OH)–C–C–N with tert-alkyl or cyclic N) is 1. The molecule has 5 heteroatoms.